The first-order valence-electron chi connectivity index (χ1n) is 5.33. The van der Waals surface area contributed by atoms with Gasteiger partial charge in [-0.1, -0.05) is 6.92 Å². The summed E-state index contributed by atoms with van der Waals surface area (Å²) in [4.78, 5) is 35.6. The van der Waals surface area contributed by atoms with Gasteiger partial charge in [0.1, 0.15) is 12.1 Å². The Balaban J connectivity index is 4.41. The van der Waals surface area contributed by atoms with Gasteiger partial charge in [-0.05, 0) is 12.8 Å². The van der Waals surface area contributed by atoms with Gasteiger partial charge >= 0.3 is 12.2 Å². The molecule has 100 valence electrons. The van der Waals surface area contributed by atoms with Crippen LogP contribution in [0.1, 0.15) is 26.2 Å². The number of Topliss-reactive ketones (excluding diaryl/α,β-unsaturated/α-hetero) is 1. The lowest BCUT2D eigenvalue weighted by molar-refractivity contribution is -0.143. The van der Waals surface area contributed by atoms with Gasteiger partial charge in [-0.25, -0.2) is 4.79 Å². The Labute approximate surface area is 103 Å². The molecule has 0 aliphatic heterocycles. The number of carboxylic acid groups (broad SMARTS) is 1. The number of carbonyl (C=O) groups is 3. The SMILES string of the molecule is CCC(O)C(=O)NC(CCC(=O)C=[N+]=[N-])C(=O)O. The minimum Gasteiger partial charge on any atom is -0.480 e. The van der Waals surface area contributed by atoms with Crippen molar-refractivity contribution in [3.63, 3.8) is 0 Å². The number of carboxylic acids is 1. The molecule has 0 aromatic heterocycles. The van der Waals surface area contributed by atoms with E-state index in [1.807, 2.05) is 0 Å². The number of nitrogens with zero attached hydrogens (tertiary/aromatic N) is 2. The molecule has 8 nitrogen and oxygen atoms in total. The molecule has 2 atom stereocenters. The predicted molar refractivity (Wildman–Crippen MR) is 59.8 cm³/mol. The molecule has 3 N–H and O–H groups in total. The summed E-state index contributed by atoms with van der Waals surface area (Å²) in [6.07, 6.45) is -0.802. The lowest BCUT2D eigenvalue weighted by atomic mass is 10.1. The van der Waals surface area contributed by atoms with Crippen molar-refractivity contribution in [1.82, 2.24) is 5.32 Å². The number of aliphatic carboxylic acids is 1. The van der Waals surface area contributed by atoms with Crippen molar-refractivity contribution in [2.45, 2.75) is 38.3 Å². The summed E-state index contributed by atoms with van der Waals surface area (Å²) in [6.45, 7) is 1.57. The predicted octanol–water partition coefficient (Wildman–Crippen LogP) is -1.02. The summed E-state index contributed by atoms with van der Waals surface area (Å²) < 4.78 is 0. The van der Waals surface area contributed by atoms with E-state index in [4.69, 9.17) is 10.6 Å². The molecule has 8 heteroatoms. The van der Waals surface area contributed by atoms with Crippen molar-refractivity contribution in [3.8, 4) is 0 Å². The fraction of sp³-hybridized carbons (Fsp3) is 0.600. The van der Waals surface area contributed by atoms with Crippen molar-refractivity contribution >= 4 is 23.9 Å². The van der Waals surface area contributed by atoms with Crippen molar-refractivity contribution in [2.24, 2.45) is 0 Å². The summed E-state index contributed by atoms with van der Waals surface area (Å²) in [5.41, 5.74) is 8.09. The quantitative estimate of drug-likeness (QED) is 0.290. The van der Waals surface area contributed by atoms with Crippen molar-refractivity contribution in [3.05, 3.63) is 5.53 Å². The van der Waals surface area contributed by atoms with Crippen LogP contribution in [0, 0.1) is 0 Å². The molecule has 0 aromatic rings. The molecule has 0 bridgehead atoms. The van der Waals surface area contributed by atoms with E-state index in [1.165, 1.54) is 0 Å². The van der Waals surface area contributed by atoms with Crippen LogP contribution in [0.15, 0.2) is 0 Å². The first-order valence-corrected chi connectivity index (χ1v) is 5.33. The number of rotatable bonds is 8. The number of amides is 1. The normalized spacial score (nSPS) is 13.0. The van der Waals surface area contributed by atoms with Crippen LogP contribution in [0.4, 0.5) is 0 Å². The number of ketones is 1. The second-order valence-corrected chi connectivity index (χ2v) is 3.57. The lowest BCUT2D eigenvalue weighted by Gasteiger charge is -2.15. The highest BCUT2D eigenvalue weighted by Gasteiger charge is 2.23. The van der Waals surface area contributed by atoms with Gasteiger partial charge in [0.05, 0.1) is 0 Å². The van der Waals surface area contributed by atoms with E-state index in [2.05, 4.69) is 10.1 Å². The van der Waals surface area contributed by atoms with Gasteiger partial charge in [0.2, 0.25) is 11.7 Å². The Morgan fingerprint density at radius 2 is 2.06 bits per heavy atom. The Kier molecular flexibility index (Phi) is 7.18. The number of carbonyl (C=O) groups excluding carboxylic acids is 2. The van der Waals surface area contributed by atoms with Crippen LogP contribution in [0.25, 0.3) is 5.53 Å². The summed E-state index contributed by atoms with van der Waals surface area (Å²) in [7, 11) is 0. The maximum atomic E-state index is 11.3. The molecule has 0 saturated carbocycles. The number of hydrogen-bond donors (Lipinski definition) is 3. The highest BCUT2D eigenvalue weighted by molar-refractivity contribution is 6.25. The van der Waals surface area contributed by atoms with Crippen LogP contribution in [0.2, 0.25) is 0 Å². The average molecular weight is 257 g/mol. The molecular formula is C10H15N3O5. The third-order valence-electron chi connectivity index (χ3n) is 2.19. The topological polar surface area (TPSA) is 140 Å². The zero-order chi connectivity index (χ0) is 14.1. The molecule has 0 spiro atoms. The Morgan fingerprint density at radius 1 is 1.44 bits per heavy atom. The molecule has 18 heavy (non-hydrogen) atoms. The highest BCUT2D eigenvalue weighted by atomic mass is 16.4. The third-order valence-corrected chi connectivity index (χ3v) is 2.19. The summed E-state index contributed by atoms with van der Waals surface area (Å²) >= 11 is 0. The van der Waals surface area contributed by atoms with E-state index in [0.717, 1.165) is 0 Å². The van der Waals surface area contributed by atoms with Crippen LogP contribution in [0.5, 0.6) is 0 Å². The van der Waals surface area contributed by atoms with Crippen LogP contribution in [-0.4, -0.2) is 51.0 Å². The minimum absolute atomic E-state index is 0.150. The van der Waals surface area contributed by atoms with E-state index in [9.17, 15) is 19.5 Å². The molecule has 0 heterocycles. The van der Waals surface area contributed by atoms with E-state index in [1.54, 1.807) is 6.92 Å². The third kappa shape index (κ3) is 5.88. The van der Waals surface area contributed by atoms with E-state index < -0.39 is 29.8 Å². The number of aliphatic hydroxyl groups is 1. The van der Waals surface area contributed by atoms with Crippen molar-refractivity contribution in [1.29, 1.82) is 0 Å². The summed E-state index contributed by atoms with van der Waals surface area (Å²) in [6, 6.07) is -1.27. The van der Waals surface area contributed by atoms with Gasteiger partial charge in [-0.15, -0.1) is 0 Å². The number of hydrogen-bond acceptors (Lipinski definition) is 4. The number of nitrogens with one attached hydrogen (secondary N) is 1. The van der Waals surface area contributed by atoms with Gasteiger partial charge in [0.25, 0.3) is 0 Å². The Hall–Kier alpha value is -2.05. The molecule has 2 unspecified atom stereocenters. The van der Waals surface area contributed by atoms with Crippen LogP contribution in [0.3, 0.4) is 0 Å². The first-order chi connectivity index (χ1) is 8.42. The van der Waals surface area contributed by atoms with E-state index in [0.29, 0.717) is 6.21 Å². The second-order valence-electron chi connectivity index (χ2n) is 3.57. The smallest absolute Gasteiger partial charge is 0.326 e. The van der Waals surface area contributed by atoms with Crippen LogP contribution >= 0.6 is 0 Å². The maximum Gasteiger partial charge on any atom is 0.326 e. The zero-order valence-corrected chi connectivity index (χ0v) is 9.87. The lowest BCUT2D eigenvalue weighted by Crippen LogP contribution is -2.45. The monoisotopic (exact) mass is 257 g/mol. The molecule has 0 aromatic carbocycles. The molecular weight excluding hydrogens is 242 g/mol. The maximum absolute atomic E-state index is 11.3. The van der Waals surface area contributed by atoms with Crippen LogP contribution in [-0.2, 0) is 14.4 Å². The Bertz CT molecular complexity index is 376. The fourth-order valence-corrected chi connectivity index (χ4v) is 1.13. The molecule has 0 aliphatic carbocycles. The largest absolute Gasteiger partial charge is 0.480 e. The molecule has 0 fully saturated rings. The van der Waals surface area contributed by atoms with E-state index in [-0.39, 0.29) is 19.3 Å². The van der Waals surface area contributed by atoms with Crippen molar-refractivity contribution in [2.75, 3.05) is 0 Å². The van der Waals surface area contributed by atoms with Gasteiger partial charge < -0.3 is 21.1 Å². The summed E-state index contributed by atoms with van der Waals surface area (Å²) in [5, 5.41) is 20.1. The van der Waals surface area contributed by atoms with Crippen LogP contribution < -0.4 is 5.32 Å². The number of aliphatic hydroxyl groups excluding tert-OH is 1. The fourth-order valence-electron chi connectivity index (χ4n) is 1.13. The van der Waals surface area contributed by atoms with Gasteiger partial charge in [0.15, 0.2) is 0 Å². The Morgan fingerprint density at radius 3 is 2.50 bits per heavy atom. The van der Waals surface area contributed by atoms with Crippen molar-refractivity contribution < 1.29 is 29.4 Å². The van der Waals surface area contributed by atoms with Gasteiger partial charge in [-0.2, -0.15) is 4.79 Å². The molecule has 0 rings (SSSR count). The van der Waals surface area contributed by atoms with E-state index >= 15 is 0 Å². The van der Waals surface area contributed by atoms with Gasteiger partial charge in [0, 0.05) is 6.42 Å². The second kappa shape index (κ2) is 8.10. The standard InChI is InChI=1S/C10H15N3O5/c1-2-8(15)9(16)13-7(10(17)18)4-3-6(14)5-12-11/h5,7-8,15H,2-4H2,1H3,(H,13,16)(H,17,18). The molecule has 0 radical (unpaired) electrons. The first kappa shape index (κ1) is 16.0. The van der Waals surface area contributed by atoms with Gasteiger partial charge in [-0.3, -0.25) is 9.59 Å². The highest BCUT2D eigenvalue weighted by Crippen LogP contribution is 2.00. The molecule has 0 aliphatic rings. The summed E-state index contributed by atoms with van der Waals surface area (Å²) in [5.74, 6) is -2.66. The average Bonchev–Trinajstić information content (AvgIpc) is 2.32. The molecule has 1 amide bonds. The molecule has 0 saturated heterocycles. The minimum atomic E-state index is -1.31. The zero-order valence-electron chi connectivity index (χ0n) is 9.87.